The van der Waals surface area contributed by atoms with Crippen molar-refractivity contribution in [1.82, 2.24) is 4.98 Å². The van der Waals surface area contributed by atoms with Gasteiger partial charge in [-0.25, -0.2) is 15.2 Å². The molecule has 0 unspecified atom stereocenters. The number of carbonyl (C=O) groups excluding carboxylic acids is 1. The highest BCUT2D eigenvalue weighted by molar-refractivity contribution is 6.33. The second-order valence-electron chi connectivity index (χ2n) is 4.22. The van der Waals surface area contributed by atoms with Crippen LogP contribution in [0.3, 0.4) is 0 Å². The van der Waals surface area contributed by atoms with E-state index in [1.807, 2.05) is 6.92 Å². The van der Waals surface area contributed by atoms with Crippen LogP contribution in [0.4, 0.5) is 15.9 Å². The lowest BCUT2D eigenvalue weighted by Crippen LogP contribution is -2.30. The second-order valence-corrected chi connectivity index (χ2v) is 4.63. The molecule has 0 atom stereocenters. The molecule has 2 aromatic rings. The van der Waals surface area contributed by atoms with Crippen LogP contribution in [0.5, 0.6) is 0 Å². The molecule has 1 amide bonds. The van der Waals surface area contributed by atoms with Crippen molar-refractivity contribution >= 4 is 29.0 Å². The van der Waals surface area contributed by atoms with E-state index in [0.29, 0.717) is 17.8 Å². The van der Waals surface area contributed by atoms with Crippen LogP contribution in [0.1, 0.15) is 17.3 Å². The van der Waals surface area contributed by atoms with Gasteiger partial charge in [-0.1, -0.05) is 11.6 Å². The SMILES string of the molecule is CCN(C(=O)c1cnc(NN)c(Cl)c1)c1ccc(F)cc1. The molecule has 7 heteroatoms. The van der Waals surface area contributed by atoms with E-state index in [0.717, 1.165) is 0 Å². The van der Waals surface area contributed by atoms with Crippen LogP contribution >= 0.6 is 11.6 Å². The number of amides is 1. The molecule has 1 aromatic carbocycles. The van der Waals surface area contributed by atoms with Gasteiger partial charge in [0, 0.05) is 18.4 Å². The Balaban J connectivity index is 2.32. The summed E-state index contributed by atoms with van der Waals surface area (Å²) in [4.78, 5) is 18.0. The number of aromatic nitrogens is 1. The summed E-state index contributed by atoms with van der Waals surface area (Å²) in [5.74, 6) is 4.90. The molecule has 0 fully saturated rings. The van der Waals surface area contributed by atoms with Crippen molar-refractivity contribution in [2.45, 2.75) is 6.92 Å². The molecule has 1 aromatic heterocycles. The van der Waals surface area contributed by atoms with Gasteiger partial charge in [0.2, 0.25) is 0 Å². The van der Waals surface area contributed by atoms with E-state index in [4.69, 9.17) is 17.4 Å². The summed E-state index contributed by atoms with van der Waals surface area (Å²) in [5.41, 5.74) is 3.26. The number of nitrogens with zero attached hydrogens (tertiary/aromatic N) is 2. The zero-order valence-electron chi connectivity index (χ0n) is 11.3. The maximum absolute atomic E-state index is 13.0. The Hall–Kier alpha value is -2.18. The number of benzene rings is 1. The third-order valence-electron chi connectivity index (χ3n) is 2.92. The van der Waals surface area contributed by atoms with Gasteiger partial charge in [-0.2, -0.15) is 0 Å². The van der Waals surface area contributed by atoms with E-state index in [-0.39, 0.29) is 22.6 Å². The topological polar surface area (TPSA) is 71.2 Å². The van der Waals surface area contributed by atoms with Crippen LogP contribution in [0.15, 0.2) is 36.5 Å². The number of rotatable bonds is 4. The van der Waals surface area contributed by atoms with Crippen molar-refractivity contribution in [3.8, 4) is 0 Å². The third-order valence-corrected chi connectivity index (χ3v) is 3.21. The maximum atomic E-state index is 13.0. The van der Waals surface area contributed by atoms with Gasteiger partial charge in [0.05, 0.1) is 10.6 Å². The molecule has 0 saturated carbocycles. The highest BCUT2D eigenvalue weighted by Crippen LogP contribution is 2.22. The number of hydrazine groups is 1. The Kier molecular flexibility index (Phi) is 4.72. The number of carbonyl (C=O) groups is 1. The lowest BCUT2D eigenvalue weighted by molar-refractivity contribution is 0.0988. The van der Waals surface area contributed by atoms with Gasteiger partial charge < -0.3 is 10.3 Å². The fourth-order valence-corrected chi connectivity index (χ4v) is 2.10. The molecule has 3 N–H and O–H groups in total. The number of nitrogen functional groups attached to an aromatic ring is 1. The molecule has 2 rings (SSSR count). The Morgan fingerprint density at radius 3 is 2.62 bits per heavy atom. The van der Waals surface area contributed by atoms with Crippen LogP contribution in [0, 0.1) is 5.82 Å². The van der Waals surface area contributed by atoms with E-state index in [2.05, 4.69) is 10.4 Å². The first-order valence-electron chi connectivity index (χ1n) is 6.26. The smallest absolute Gasteiger partial charge is 0.259 e. The lowest BCUT2D eigenvalue weighted by Gasteiger charge is -2.21. The average molecular weight is 309 g/mol. The van der Waals surface area contributed by atoms with Gasteiger partial charge in [0.1, 0.15) is 5.82 Å². The van der Waals surface area contributed by atoms with Gasteiger partial charge in [0.15, 0.2) is 5.82 Å². The van der Waals surface area contributed by atoms with Gasteiger partial charge in [0.25, 0.3) is 5.91 Å². The Morgan fingerprint density at radius 2 is 2.10 bits per heavy atom. The molecule has 0 aliphatic heterocycles. The molecule has 0 spiro atoms. The first-order valence-corrected chi connectivity index (χ1v) is 6.64. The number of hydrogen-bond acceptors (Lipinski definition) is 4. The quantitative estimate of drug-likeness (QED) is 0.673. The zero-order valence-corrected chi connectivity index (χ0v) is 12.1. The molecule has 0 aliphatic rings. The third kappa shape index (κ3) is 3.29. The molecule has 21 heavy (non-hydrogen) atoms. The van der Waals surface area contributed by atoms with Crippen molar-refractivity contribution in [1.29, 1.82) is 0 Å². The Labute approximate surface area is 126 Å². The van der Waals surface area contributed by atoms with Crippen molar-refractivity contribution in [2.75, 3.05) is 16.9 Å². The summed E-state index contributed by atoms with van der Waals surface area (Å²) in [6, 6.07) is 7.18. The summed E-state index contributed by atoms with van der Waals surface area (Å²) >= 11 is 5.96. The molecule has 0 radical (unpaired) electrons. The van der Waals surface area contributed by atoms with Crippen molar-refractivity contribution < 1.29 is 9.18 Å². The molecule has 0 bridgehead atoms. The summed E-state index contributed by atoms with van der Waals surface area (Å²) in [7, 11) is 0. The first-order chi connectivity index (χ1) is 10.1. The molecule has 5 nitrogen and oxygen atoms in total. The summed E-state index contributed by atoms with van der Waals surface area (Å²) in [6.45, 7) is 2.26. The zero-order chi connectivity index (χ0) is 15.4. The predicted molar refractivity (Wildman–Crippen MR) is 80.8 cm³/mol. The standard InChI is InChI=1S/C14H14ClFN4O/c1-2-20(11-5-3-10(16)4-6-11)14(21)9-7-12(15)13(19-17)18-8-9/h3-8H,2,17H2,1H3,(H,18,19). The second kappa shape index (κ2) is 6.51. The number of pyridine rings is 1. The maximum Gasteiger partial charge on any atom is 0.259 e. The largest absolute Gasteiger partial charge is 0.309 e. The van der Waals surface area contributed by atoms with E-state index in [9.17, 15) is 9.18 Å². The van der Waals surface area contributed by atoms with Crippen LogP contribution in [-0.4, -0.2) is 17.4 Å². The highest BCUT2D eigenvalue weighted by atomic mass is 35.5. The average Bonchev–Trinajstić information content (AvgIpc) is 2.49. The van der Waals surface area contributed by atoms with Crippen LogP contribution < -0.4 is 16.2 Å². The molecule has 0 aliphatic carbocycles. The van der Waals surface area contributed by atoms with Crippen LogP contribution in [-0.2, 0) is 0 Å². The Morgan fingerprint density at radius 1 is 1.43 bits per heavy atom. The van der Waals surface area contributed by atoms with Crippen LogP contribution in [0.2, 0.25) is 5.02 Å². The van der Waals surface area contributed by atoms with E-state index >= 15 is 0 Å². The van der Waals surface area contributed by atoms with E-state index in [1.165, 1.54) is 29.3 Å². The first kappa shape index (κ1) is 15.2. The van der Waals surface area contributed by atoms with Gasteiger partial charge in [-0.05, 0) is 37.3 Å². The van der Waals surface area contributed by atoms with E-state index in [1.54, 1.807) is 12.1 Å². The minimum Gasteiger partial charge on any atom is -0.309 e. The van der Waals surface area contributed by atoms with Crippen molar-refractivity contribution in [2.24, 2.45) is 5.84 Å². The fraction of sp³-hybridized carbons (Fsp3) is 0.143. The van der Waals surface area contributed by atoms with Crippen molar-refractivity contribution in [3.05, 3.63) is 52.9 Å². The highest BCUT2D eigenvalue weighted by Gasteiger charge is 2.17. The van der Waals surface area contributed by atoms with Gasteiger partial charge in [-0.3, -0.25) is 4.79 Å². The Bertz CT molecular complexity index is 648. The number of halogens is 2. The fourth-order valence-electron chi connectivity index (χ4n) is 1.88. The minimum absolute atomic E-state index is 0.249. The summed E-state index contributed by atoms with van der Waals surface area (Å²) in [6.07, 6.45) is 1.38. The van der Waals surface area contributed by atoms with Gasteiger partial charge >= 0.3 is 0 Å². The van der Waals surface area contributed by atoms with Gasteiger partial charge in [-0.15, -0.1) is 0 Å². The predicted octanol–water partition coefficient (Wildman–Crippen LogP) is 2.83. The lowest BCUT2D eigenvalue weighted by atomic mass is 10.2. The molecule has 110 valence electrons. The number of anilines is 2. The summed E-state index contributed by atoms with van der Waals surface area (Å²) < 4.78 is 13.0. The number of hydrogen-bond donors (Lipinski definition) is 2. The van der Waals surface area contributed by atoms with Crippen molar-refractivity contribution in [3.63, 3.8) is 0 Å². The molecular weight excluding hydrogens is 295 g/mol. The number of nitrogens with one attached hydrogen (secondary N) is 1. The number of nitrogens with two attached hydrogens (primary N) is 1. The summed E-state index contributed by atoms with van der Waals surface area (Å²) in [5, 5.41) is 0.249. The minimum atomic E-state index is -0.356. The molecule has 1 heterocycles. The normalized spacial score (nSPS) is 10.3. The van der Waals surface area contributed by atoms with Crippen LogP contribution in [0.25, 0.3) is 0 Å². The molecule has 0 saturated heterocycles. The molecular formula is C14H14ClFN4O. The monoisotopic (exact) mass is 308 g/mol. The van der Waals surface area contributed by atoms with E-state index < -0.39 is 0 Å².